The van der Waals surface area contributed by atoms with Crippen LogP contribution in [0.5, 0.6) is 0 Å². The predicted octanol–water partition coefficient (Wildman–Crippen LogP) is 2.18. The van der Waals surface area contributed by atoms with Gasteiger partial charge in [0.15, 0.2) is 0 Å². The number of nitrogens with one attached hydrogen (secondary N) is 1. The van der Waals surface area contributed by atoms with Gasteiger partial charge in [0.05, 0.1) is 0 Å². The molecule has 2 aliphatic rings. The van der Waals surface area contributed by atoms with Crippen LogP contribution < -0.4 is 5.32 Å². The van der Waals surface area contributed by atoms with Gasteiger partial charge < -0.3 is 10.2 Å². The van der Waals surface area contributed by atoms with Crippen LogP contribution in [0.1, 0.15) is 46.5 Å². The lowest BCUT2D eigenvalue weighted by molar-refractivity contribution is 0.0782. The van der Waals surface area contributed by atoms with Crippen LogP contribution in [-0.2, 0) is 0 Å². The van der Waals surface area contributed by atoms with Crippen LogP contribution >= 0.6 is 0 Å². The van der Waals surface area contributed by atoms with E-state index in [0.717, 1.165) is 18.0 Å². The Kier molecular flexibility index (Phi) is 6.11. The average Bonchev–Trinajstić information content (AvgIpc) is 2.43. The Balaban J connectivity index is 1.92. The van der Waals surface area contributed by atoms with Gasteiger partial charge in [-0.3, -0.25) is 4.90 Å². The molecule has 2 fully saturated rings. The first kappa shape index (κ1) is 15.3. The second-order valence-corrected chi connectivity index (χ2v) is 6.59. The number of piperidine rings is 1. The summed E-state index contributed by atoms with van der Waals surface area (Å²) in [6, 6.07) is 1.54. The van der Waals surface area contributed by atoms with Crippen molar-refractivity contribution in [3.63, 3.8) is 0 Å². The molecule has 2 saturated heterocycles. The maximum Gasteiger partial charge on any atom is 0.0223 e. The fourth-order valence-electron chi connectivity index (χ4n) is 3.64. The van der Waals surface area contributed by atoms with Gasteiger partial charge in [0.25, 0.3) is 0 Å². The highest BCUT2D eigenvalue weighted by molar-refractivity contribution is 4.84. The number of hydrogen-bond acceptors (Lipinski definition) is 3. The largest absolute Gasteiger partial charge is 0.314 e. The summed E-state index contributed by atoms with van der Waals surface area (Å²) in [6.07, 6.45) is 5.39. The summed E-state index contributed by atoms with van der Waals surface area (Å²) in [4.78, 5) is 5.43. The van der Waals surface area contributed by atoms with Gasteiger partial charge in [-0.15, -0.1) is 0 Å². The van der Waals surface area contributed by atoms with Crippen molar-refractivity contribution in [3.8, 4) is 0 Å². The molecule has 3 nitrogen and oxygen atoms in total. The highest BCUT2D eigenvalue weighted by Gasteiger charge is 2.27. The standard InChI is InChI=1S/C16H33N3/c1-4-15-8-10-19(12-14(3)11-17-15)16-7-6-9-18(5-2)13-16/h14-17H,4-13H2,1-3H3. The van der Waals surface area contributed by atoms with Gasteiger partial charge in [-0.05, 0) is 57.8 Å². The molecule has 2 heterocycles. The fourth-order valence-corrected chi connectivity index (χ4v) is 3.64. The Morgan fingerprint density at radius 3 is 2.68 bits per heavy atom. The Labute approximate surface area is 119 Å². The van der Waals surface area contributed by atoms with E-state index in [4.69, 9.17) is 0 Å². The lowest BCUT2D eigenvalue weighted by atomic mass is 9.99. The minimum Gasteiger partial charge on any atom is -0.314 e. The van der Waals surface area contributed by atoms with Crippen molar-refractivity contribution in [2.45, 2.75) is 58.5 Å². The van der Waals surface area contributed by atoms with Crippen LogP contribution in [0.4, 0.5) is 0 Å². The van der Waals surface area contributed by atoms with Crippen LogP contribution in [0, 0.1) is 5.92 Å². The van der Waals surface area contributed by atoms with E-state index in [2.05, 4.69) is 35.9 Å². The number of rotatable bonds is 3. The summed E-state index contributed by atoms with van der Waals surface area (Å²) in [6.45, 7) is 14.6. The number of likely N-dealkylation sites (N-methyl/N-ethyl adjacent to an activating group) is 1. The van der Waals surface area contributed by atoms with E-state index in [9.17, 15) is 0 Å². The second kappa shape index (κ2) is 7.61. The first-order valence-electron chi connectivity index (χ1n) is 8.42. The van der Waals surface area contributed by atoms with Gasteiger partial charge >= 0.3 is 0 Å². The number of likely N-dealkylation sites (tertiary alicyclic amines) is 1. The lowest BCUT2D eigenvalue weighted by Crippen LogP contribution is -2.52. The fraction of sp³-hybridized carbons (Fsp3) is 1.00. The van der Waals surface area contributed by atoms with Crippen LogP contribution in [0.2, 0.25) is 0 Å². The summed E-state index contributed by atoms with van der Waals surface area (Å²) in [5.74, 6) is 0.784. The van der Waals surface area contributed by atoms with Crippen molar-refractivity contribution < 1.29 is 0 Å². The molecule has 2 aliphatic heterocycles. The molecule has 2 rings (SSSR count). The van der Waals surface area contributed by atoms with Gasteiger partial charge in [-0.2, -0.15) is 0 Å². The number of nitrogens with zero attached hydrogens (tertiary/aromatic N) is 2. The van der Waals surface area contributed by atoms with Gasteiger partial charge in [0.1, 0.15) is 0 Å². The molecule has 0 amide bonds. The molecule has 0 saturated carbocycles. The van der Waals surface area contributed by atoms with Crippen molar-refractivity contribution in [1.82, 2.24) is 15.1 Å². The topological polar surface area (TPSA) is 18.5 Å². The van der Waals surface area contributed by atoms with Crippen LogP contribution in [0.15, 0.2) is 0 Å². The Bertz CT molecular complexity index is 256. The van der Waals surface area contributed by atoms with E-state index in [1.807, 2.05) is 0 Å². The zero-order valence-corrected chi connectivity index (χ0v) is 13.2. The van der Waals surface area contributed by atoms with Crippen molar-refractivity contribution in [2.24, 2.45) is 5.92 Å². The molecule has 0 spiro atoms. The molecular formula is C16H33N3. The molecule has 3 heteroatoms. The molecule has 1 N–H and O–H groups in total. The quantitative estimate of drug-likeness (QED) is 0.845. The van der Waals surface area contributed by atoms with Gasteiger partial charge in [-0.1, -0.05) is 20.8 Å². The van der Waals surface area contributed by atoms with Crippen molar-refractivity contribution in [1.29, 1.82) is 0 Å². The van der Waals surface area contributed by atoms with Crippen LogP contribution in [0.25, 0.3) is 0 Å². The Morgan fingerprint density at radius 2 is 1.95 bits per heavy atom. The highest BCUT2D eigenvalue weighted by Crippen LogP contribution is 2.19. The minimum absolute atomic E-state index is 0.733. The molecule has 3 atom stereocenters. The number of hydrogen-bond donors (Lipinski definition) is 1. The highest BCUT2D eigenvalue weighted by atomic mass is 15.2. The SMILES string of the molecule is CCC1CCN(C2CCCN(CC)C2)CC(C)CN1. The third-order valence-electron chi connectivity index (χ3n) is 5.00. The van der Waals surface area contributed by atoms with Gasteiger partial charge in [-0.25, -0.2) is 0 Å². The van der Waals surface area contributed by atoms with E-state index in [-0.39, 0.29) is 0 Å². The van der Waals surface area contributed by atoms with E-state index < -0.39 is 0 Å². The maximum absolute atomic E-state index is 3.73. The molecule has 0 aromatic carbocycles. The minimum atomic E-state index is 0.733. The van der Waals surface area contributed by atoms with Crippen molar-refractivity contribution in [3.05, 3.63) is 0 Å². The molecule has 112 valence electrons. The molecular weight excluding hydrogens is 234 g/mol. The molecule has 0 aromatic rings. The molecule has 0 aliphatic carbocycles. The average molecular weight is 267 g/mol. The summed E-state index contributed by atoms with van der Waals surface area (Å²) < 4.78 is 0. The van der Waals surface area contributed by atoms with Gasteiger partial charge in [0.2, 0.25) is 0 Å². The third kappa shape index (κ3) is 4.44. The molecule has 0 aromatic heterocycles. The Hall–Kier alpha value is -0.120. The van der Waals surface area contributed by atoms with Crippen molar-refractivity contribution >= 4 is 0 Å². The normalized spacial score (nSPS) is 35.8. The van der Waals surface area contributed by atoms with Crippen molar-refractivity contribution in [2.75, 3.05) is 39.3 Å². The monoisotopic (exact) mass is 267 g/mol. The summed E-state index contributed by atoms with van der Waals surface area (Å²) in [5, 5.41) is 3.73. The van der Waals surface area contributed by atoms with E-state index >= 15 is 0 Å². The summed E-state index contributed by atoms with van der Waals surface area (Å²) in [5.41, 5.74) is 0. The summed E-state index contributed by atoms with van der Waals surface area (Å²) >= 11 is 0. The van der Waals surface area contributed by atoms with E-state index in [0.29, 0.717) is 0 Å². The molecule has 3 unspecified atom stereocenters. The summed E-state index contributed by atoms with van der Waals surface area (Å²) in [7, 11) is 0. The lowest BCUT2D eigenvalue weighted by Gasteiger charge is -2.42. The van der Waals surface area contributed by atoms with Gasteiger partial charge in [0, 0.05) is 25.2 Å². The Morgan fingerprint density at radius 1 is 1.11 bits per heavy atom. The first-order valence-corrected chi connectivity index (χ1v) is 8.42. The van der Waals surface area contributed by atoms with Crippen LogP contribution in [0.3, 0.4) is 0 Å². The molecule has 0 bridgehead atoms. The second-order valence-electron chi connectivity index (χ2n) is 6.59. The van der Waals surface area contributed by atoms with E-state index in [1.165, 1.54) is 65.0 Å². The smallest absolute Gasteiger partial charge is 0.0223 e. The third-order valence-corrected chi connectivity index (χ3v) is 5.00. The predicted molar refractivity (Wildman–Crippen MR) is 82.6 cm³/mol. The molecule has 19 heavy (non-hydrogen) atoms. The van der Waals surface area contributed by atoms with E-state index in [1.54, 1.807) is 0 Å². The zero-order valence-electron chi connectivity index (χ0n) is 13.2. The first-order chi connectivity index (χ1) is 9.22. The molecule has 0 radical (unpaired) electrons. The maximum atomic E-state index is 3.73. The zero-order chi connectivity index (χ0) is 13.7. The van der Waals surface area contributed by atoms with Crippen LogP contribution in [-0.4, -0.2) is 61.2 Å².